The Morgan fingerprint density at radius 2 is 2.26 bits per heavy atom. The van der Waals surface area contributed by atoms with Gasteiger partial charge in [0.25, 0.3) is 0 Å². The Morgan fingerprint density at radius 1 is 1.47 bits per heavy atom. The zero-order chi connectivity index (χ0) is 14.1. The Hall–Kier alpha value is -1.62. The van der Waals surface area contributed by atoms with Gasteiger partial charge in [0.1, 0.15) is 18.2 Å². The van der Waals surface area contributed by atoms with E-state index in [4.69, 9.17) is 4.74 Å². The zero-order valence-corrected chi connectivity index (χ0v) is 11.5. The molecule has 4 nitrogen and oxygen atoms in total. The van der Waals surface area contributed by atoms with Crippen molar-refractivity contribution in [2.24, 2.45) is 0 Å². The van der Waals surface area contributed by atoms with Crippen LogP contribution in [-0.2, 0) is 4.79 Å². The smallest absolute Gasteiger partial charge is 0.222 e. The van der Waals surface area contributed by atoms with Crippen molar-refractivity contribution in [1.29, 1.82) is 0 Å². The van der Waals surface area contributed by atoms with Crippen LogP contribution in [0.4, 0.5) is 4.39 Å². The molecule has 0 saturated carbocycles. The van der Waals surface area contributed by atoms with Crippen molar-refractivity contribution in [3.05, 3.63) is 30.1 Å². The number of rotatable bonds is 8. The van der Waals surface area contributed by atoms with Gasteiger partial charge in [0.15, 0.2) is 0 Å². The first-order valence-electron chi connectivity index (χ1n) is 6.40. The molecule has 0 atom stereocenters. The normalized spacial score (nSPS) is 10.3. The predicted molar refractivity (Wildman–Crippen MR) is 72.7 cm³/mol. The summed E-state index contributed by atoms with van der Waals surface area (Å²) in [5.74, 6) is 0.253. The van der Waals surface area contributed by atoms with Crippen LogP contribution in [0.15, 0.2) is 24.3 Å². The largest absolute Gasteiger partial charge is 0.492 e. The quantitative estimate of drug-likeness (QED) is 0.729. The van der Waals surface area contributed by atoms with Gasteiger partial charge in [0.2, 0.25) is 5.91 Å². The lowest BCUT2D eigenvalue weighted by molar-refractivity contribution is -0.130. The molecule has 1 amide bonds. The van der Waals surface area contributed by atoms with E-state index in [0.717, 1.165) is 13.0 Å². The molecule has 0 aromatic heterocycles. The Bertz CT molecular complexity index is 399. The number of hydrogen-bond acceptors (Lipinski definition) is 3. The van der Waals surface area contributed by atoms with Gasteiger partial charge in [0, 0.05) is 19.5 Å². The van der Waals surface area contributed by atoms with E-state index in [9.17, 15) is 9.18 Å². The maximum absolute atomic E-state index is 12.9. The van der Waals surface area contributed by atoms with Crippen molar-refractivity contribution < 1.29 is 13.9 Å². The molecule has 0 fully saturated rings. The summed E-state index contributed by atoms with van der Waals surface area (Å²) in [7, 11) is 3.61. The highest BCUT2D eigenvalue weighted by Gasteiger charge is 2.07. The van der Waals surface area contributed by atoms with E-state index in [1.165, 1.54) is 12.1 Å². The fourth-order valence-corrected chi connectivity index (χ4v) is 1.59. The highest BCUT2D eigenvalue weighted by molar-refractivity contribution is 5.75. The monoisotopic (exact) mass is 268 g/mol. The van der Waals surface area contributed by atoms with Crippen molar-refractivity contribution in [2.45, 2.75) is 12.8 Å². The molecule has 0 heterocycles. The molecule has 1 aromatic carbocycles. The van der Waals surface area contributed by atoms with Crippen LogP contribution < -0.4 is 10.1 Å². The second kappa shape index (κ2) is 8.48. The molecule has 0 aliphatic heterocycles. The fraction of sp³-hybridized carbons (Fsp3) is 0.500. The minimum Gasteiger partial charge on any atom is -0.492 e. The van der Waals surface area contributed by atoms with Crippen LogP contribution in [0.25, 0.3) is 0 Å². The average molecular weight is 268 g/mol. The van der Waals surface area contributed by atoms with Crippen LogP contribution in [-0.4, -0.2) is 44.6 Å². The van der Waals surface area contributed by atoms with Crippen LogP contribution >= 0.6 is 0 Å². The summed E-state index contributed by atoms with van der Waals surface area (Å²) < 4.78 is 18.3. The van der Waals surface area contributed by atoms with Crippen LogP contribution in [0.5, 0.6) is 5.75 Å². The lowest BCUT2D eigenvalue weighted by Gasteiger charge is -2.17. The molecule has 1 rings (SSSR count). The number of carbonyl (C=O) groups is 1. The van der Waals surface area contributed by atoms with Crippen LogP contribution in [0.2, 0.25) is 0 Å². The fourth-order valence-electron chi connectivity index (χ4n) is 1.59. The van der Waals surface area contributed by atoms with Gasteiger partial charge in [-0.15, -0.1) is 0 Å². The molecule has 0 bridgehead atoms. The number of amides is 1. The van der Waals surface area contributed by atoms with E-state index in [-0.39, 0.29) is 11.7 Å². The van der Waals surface area contributed by atoms with Gasteiger partial charge >= 0.3 is 0 Å². The maximum atomic E-state index is 12.9. The van der Waals surface area contributed by atoms with Crippen LogP contribution in [0.1, 0.15) is 12.8 Å². The third-order valence-electron chi connectivity index (χ3n) is 2.73. The van der Waals surface area contributed by atoms with E-state index in [2.05, 4.69) is 5.32 Å². The Labute approximate surface area is 113 Å². The molecular weight excluding hydrogens is 247 g/mol. The summed E-state index contributed by atoms with van der Waals surface area (Å²) in [5, 5.41) is 3.00. The van der Waals surface area contributed by atoms with Crippen molar-refractivity contribution >= 4 is 5.91 Å². The van der Waals surface area contributed by atoms with E-state index in [1.54, 1.807) is 24.1 Å². The number of hydrogen-bond donors (Lipinski definition) is 1. The Morgan fingerprint density at radius 3 is 2.95 bits per heavy atom. The molecule has 5 heteroatoms. The first-order chi connectivity index (χ1) is 9.13. The molecular formula is C14H21FN2O2. The van der Waals surface area contributed by atoms with Gasteiger partial charge in [-0.2, -0.15) is 0 Å². The number of benzene rings is 1. The zero-order valence-electron chi connectivity index (χ0n) is 11.5. The molecule has 1 N–H and O–H groups in total. The maximum Gasteiger partial charge on any atom is 0.222 e. The van der Waals surface area contributed by atoms with Gasteiger partial charge in [-0.05, 0) is 32.1 Å². The molecule has 0 saturated heterocycles. The van der Waals surface area contributed by atoms with Crippen molar-refractivity contribution in [1.82, 2.24) is 10.2 Å². The average Bonchev–Trinajstić information content (AvgIpc) is 2.39. The summed E-state index contributed by atoms with van der Waals surface area (Å²) in [6.45, 7) is 1.69. The second-order valence-electron chi connectivity index (χ2n) is 4.33. The predicted octanol–water partition coefficient (Wildman–Crippen LogP) is 1.66. The molecule has 0 aliphatic carbocycles. The SMILES string of the molecule is CNCCCC(=O)N(C)CCOc1cccc(F)c1. The van der Waals surface area contributed by atoms with Crippen LogP contribution in [0, 0.1) is 5.82 Å². The summed E-state index contributed by atoms with van der Waals surface area (Å²) in [6.07, 6.45) is 1.35. The standard InChI is InChI=1S/C14H21FN2O2/c1-16-8-4-7-14(18)17(2)9-10-19-13-6-3-5-12(15)11-13/h3,5-6,11,16H,4,7-10H2,1-2H3. The van der Waals surface area contributed by atoms with Gasteiger partial charge < -0.3 is 15.0 Å². The number of nitrogens with zero attached hydrogens (tertiary/aromatic N) is 1. The summed E-state index contributed by atoms with van der Waals surface area (Å²) >= 11 is 0. The van der Waals surface area contributed by atoms with Gasteiger partial charge in [-0.3, -0.25) is 4.79 Å². The number of ether oxygens (including phenoxy) is 1. The summed E-state index contributed by atoms with van der Waals surface area (Å²) in [5.41, 5.74) is 0. The number of halogens is 1. The Balaban J connectivity index is 2.23. The second-order valence-corrected chi connectivity index (χ2v) is 4.33. The van der Waals surface area contributed by atoms with E-state index in [0.29, 0.717) is 25.3 Å². The minimum atomic E-state index is -0.325. The molecule has 106 valence electrons. The minimum absolute atomic E-state index is 0.0955. The van der Waals surface area contributed by atoms with Crippen molar-refractivity contribution in [3.63, 3.8) is 0 Å². The van der Waals surface area contributed by atoms with E-state index < -0.39 is 0 Å². The van der Waals surface area contributed by atoms with Gasteiger partial charge in [-0.25, -0.2) is 4.39 Å². The van der Waals surface area contributed by atoms with Crippen molar-refractivity contribution in [2.75, 3.05) is 33.8 Å². The van der Waals surface area contributed by atoms with Gasteiger partial charge in [0.05, 0.1) is 6.54 Å². The molecule has 0 spiro atoms. The van der Waals surface area contributed by atoms with Crippen molar-refractivity contribution in [3.8, 4) is 5.75 Å². The number of nitrogens with one attached hydrogen (secondary N) is 1. The molecule has 0 unspecified atom stereocenters. The molecule has 0 aliphatic rings. The lowest BCUT2D eigenvalue weighted by atomic mass is 10.3. The molecule has 1 aromatic rings. The van der Waals surface area contributed by atoms with Crippen LogP contribution in [0.3, 0.4) is 0 Å². The summed E-state index contributed by atoms with van der Waals surface area (Å²) in [6, 6.07) is 5.98. The molecule has 0 radical (unpaired) electrons. The third-order valence-corrected chi connectivity index (χ3v) is 2.73. The topological polar surface area (TPSA) is 41.6 Å². The van der Waals surface area contributed by atoms with Gasteiger partial charge in [-0.1, -0.05) is 6.07 Å². The lowest BCUT2D eigenvalue weighted by Crippen LogP contribution is -2.31. The molecule has 19 heavy (non-hydrogen) atoms. The third kappa shape index (κ3) is 6.20. The van der Waals surface area contributed by atoms with E-state index >= 15 is 0 Å². The summed E-state index contributed by atoms with van der Waals surface area (Å²) in [4.78, 5) is 13.3. The Kier molecular flexibility index (Phi) is 6.89. The number of likely N-dealkylation sites (N-methyl/N-ethyl adjacent to an activating group) is 1. The highest BCUT2D eigenvalue weighted by atomic mass is 19.1. The first kappa shape index (κ1) is 15.4. The van der Waals surface area contributed by atoms with E-state index in [1.807, 2.05) is 7.05 Å². The number of carbonyl (C=O) groups excluding carboxylic acids is 1. The first-order valence-corrected chi connectivity index (χ1v) is 6.40. The highest BCUT2D eigenvalue weighted by Crippen LogP contribution is 2.11.